The van der Waals surface area contributed by atoms with Crippen molar-refractivity contribution in [1.82, 2.24) is 30.6 Å². The van der Waals surface area contributed by atoms with Crippen molar-refractivity contribution in [2.24, 2.45) is 18.7 Å². The van der Waals surface area contributed by atoms with Crippen molar-refractivity contribution in [3.8, 4) is 22.6 Å². The van der Waals surface area contributed by atoms with Gasteiger partial charge in [0, 0.05) is 104 Å². The summed E-state index contributed by atoms with van der Waals surface area (Å²) in [7, 11) is 3.15. The Morgan fingerprint density at radius 2 is 1.72 bits per heavy atom. The third-order valence-corrected chi connectivity index (χ3v) is 14.9. The fourth-order valence-corrected chi connectivity index (χ4v) is 11.0. The van der Waals surface area contributed by atoms with E-state index in [0.717, 1.165) is 86.7 Å². The van der Waals surface area contributed by atoms with E-state index in [9.17, 15) is 19.2 Å². The van der Waals surface area contributed by atoms with Crippen molar-refractivity contribution in [2.75, 3.05) is 56.6 Å². The van der Waals surface area contributed by atoms with Crippen LogP contribution in [0.2, 0.25) is 5.02 Å². The molecule has 3 aliphatic heterocycles. The zero-order valence-corrected chi connectivity index (χ0v) is 39.8. The number of hydrogen-bond acceptors (Lipinski definition) is 10. The van der Waals surface area contributed by atoms with Crippen LogP contribution in [-0.4, -0.2) is 96.9 Å². The van der Waals surface area contributed by atoms with Gasteiger partial charge < -0.3 is 36.1 Å². The van der Waals surface area contributed by atoms with Crippen molar-refractivity contribution in [3.63, 3.8) is 0 Å². The molecule has 1 aliphatic carbocycles. The number of aryl methyl sites for hydroxylation is 1. The van der Waals surface area contributed by atoms with Crippen LogP contribution in [0.1, 0.15) is 85.7 Å². The summed E-state index contributed by atoms with van der Waals surface area (Å²) in [6, 6.07) is 19.4. The molecular formula is C51H58ClF2N9O6. The van der Waals surface area contributed by atoms with E-state index in [-0.39, 0.29) is 63.4 Å². The Morgan fingerprint density at radius 3 is 2.43 bits per heavy atom. The average Bonchev–Trinajstić information content (AvgIpc) is 3.82. The SMILES string of the molecule is COc1ccc(C(N)=O)c(-c2c(Cl)c(F)cc3c2[C@H](C)[C@@](CNC2CCC(C(=O)NCCCN4CCC(Nc5ccc6c(N7CCC(=O)NC7=O)nn(C)c6c5)CC4)CC2)(c2ccccc2)O3)c1F. The zero-order valence-electron chi connectivity index (χ0n) is 39.0. The summed E-state index contributed by atoms with van der Waals surface area (Å²) in [4.78, 5) is 54.1. The number of carbonyl (C=O) groups is 4. The van der Waals surface area contributed by atoms with Crippen molar-refractivity contribution in [2.45, 2.75) is 81.9 Å². The zero-order chi connectivity index (χ0) is 48.6. The van der Waals surface area contributed by atoms with Gasteiger partial charge in [-0.3, -0.25) is 29.3 Å². The lowest BCUT2D eigenvalue weighted by atomic mass is 9.77. The quantitative estimate of drug-likeness (QED) is 0.0665. The Balaban J connectivity index is 0.754. The van der Waals surface area contributed by atoms with Gasteiger partial charge >= 0.3 is 6.03 Å². The number of carbonyl (C=O) groups excluding carboxylic acids is 4. The first kappa shape index (κ1) is 47.8. The van der Waals surface area contributed by atoms with Crippen LogP contribution >= 0.6 is 11.6 Å². The summed E-state index contributed by atoms with van der Waals surface area (Å²) in [6.45, 7) is 5.95. The summed E-state index contributed by atoms with van der Waals surface area (Å²) in [6.07, 6.45) is 6.06. The van der Waals surface area contributed by atoms with Crippen LogP contribution in [0.4, 0.5) is 25.1 Å². The summed E-state index contributed by atoms with van der Waals surface area (Å²) < 4.78 is 45.7. The number of piperidine rings is 1. The van der Waals surface area contributed by atoms with Crippen molar-refractivity contribution in [3.05, 3.63) is 100 Å². The summed E-state index contributed by atoms with van der Waals surface area (Å²) in [5.74, 6) is -2.85. The maximum absolute atomic E-state index is 16.2. The molecule has 4 heterocycles. The number of halogens is 3. The summed E-state index contributed by atoms with van der Waals surface area (Å²) >= 11 is 6.68. The first-order valence-electron chi connectivity index (χ1n) is 23.8. The first-order valence-corrected chi connectivity index (χ1v) is 24.1. The second-order valence-electron chi connectivity index (χ2n) is 18.7. The maximum atomic E-state index is 16.2. The molecule has 0 spiro atoms. The number of likely N-dealkylation sites (tertiary alicyclic amines) is 1. The van der Waals surface area contributed by atoms with Gasteiger partial charge in [0.25, 0.3) is 0 Å². The molecule has 364 valence electrons. The molecule has 18 heteroatoms. The lowest BCUT2D eigenvalue weighted by Crippen LogP contribution is -2.49. The van der Waals surface area contributed by atoms with Gasteiger partial charge in [-0.2, -0.15) is 5.10 Å². The number of primary amides is 1. The Hall–Kier alpha value is -6.30. The van der Waals surface area contributed by atoms with Crippen LogP contribution < -0.4 is 41.4 Å². The molecule has 0 unspecified atom stereocenters. The van der Waals surface area contributed by atoms with Crippen LogP contribution in [0.15, 0.2) is 66.7 Å². The maximum Gasteiger partial charge on any atom is 0.329 e. The molecule has 1 saturated carbocycles. The van der Waals surface area contributed by atoms with E-state index in [0.29, 0.717) is 37.1 Å². The fourth-order valence-electron chi connectivity index (χ4n) is 10.7. The average molecular weight is 967 g/mol. The van der Waals surface area contributed by atoms with E-state index in [4.69, 9.17) is 26.8 Å². The Morgan fingerprint density at radius 1 is 0.971 bits per heavy atom. The third kappa shape index (κ3) is 9.43. The van der Waals surface area contributed by atoms with Crippen LogP contribution in [0.5, 0.6) is 11.5 Å². The van der Waals surface area contributed by atoms with Crippen LogP contribution in [0, 0.1) is 17.6 Å². The Labute approximate surface area is 404 Å². The van der Waals surface area contributed by atoms with E-state index < -0.39 is 35.1 Å². The largest absolute Gasteiger partial charge is 0.494 e. The minimum Gasteiger partial charge on any atom is -0.494 e. The van der Waals surface area contributed by atoms with Crippen molar-refractivity contribution < 1.29 is 37.4 Å². The molecule has 4 aliphatic rings. The van der Waals surface area contributed by atoms with Gasteiger partial charge in [-0.1, -0.05) is 48.9 Å². The Kier molecular flexibility index (Phi) is 13.8. The number of hydrogen-bond donors (Lipinski definition) is 5. The highest BCUT2D eigenvalue weighted by atomic mass is 35.5. The van der Waals surface area contributed by atoms with Crippen molar-refractivity contribution >= 4 is 57.8 Å². The lowest BCUT2D eigenvalue weighted by molar-refractivity contribution is -0.126. The smallest absolute Gasteiger partial charge is 0.329 e. The van der Waals surface area contributed by atoms with Crippen molar-refractivity contribution in [1.29, 1.82) is 0 Å². The number of ether oxygens (including phenoxy) is 2. The molecule has 6 N–H and O–H groups in total. The molecule has 2 atom stereocenters. The van der Waals surface area contributed by atoms with E-state index in [1.807, 2.05) is 56.4 Å². The molecule has 5 amide bonds. The normalized spacial score (nSPS) is 22.0. The second-order valence-corrected chi connectivity index (χ2v) is 19.1. The van der Waals surface area contributed by atoms with Crippen LogP contribution in [0.25, 0.3) is 22.0 Å². The van der Waals surface area contributed by atoms with E-state index in [1.165, 1.54) is 30.2 Å². The van der Waals surface area contributed by atoms with Gasteiger partial charge in [-0.25, -0.2) is 13.6 Å². The van der Waals surface area contributed by atoms with Gasteiger partial charge in [-0.15, -0.1) is 0 Å². The number of nitrogens with one attached hydrogen (secondary N) is 4. The van der Waals surface area contributed by atoms with Gasteiger partial charge in [0.1, 0.15) is 11.6 Å². The third-order valence-electron chi connectivity index (χ3n) is 14.6. The number of urea groups is 1. The molecule has 1 aromatic heterocycles. The monoisotopic (exact) mass is 965 g/mol. The topological polar surface area (TPSA) is 185 Å². The molecule has 4 aromatic carbocycles. The number of amides is 5. The number of fused-ring (bicyclic) bond motifs is 2. The van der Waals surface area contributed by atoms with Gasteiger partial charge in [0.05, 0.1) is 23.2 Å². The predicted molar refractivity (Wildman–Crippen MR) is 260 cm³/mol. The molecular weight excluding hydrogens is 908 g/mol. The van der Waals surface area contributed by atoms with E-state index in [1.54, 1.807) is 4.68 Å². The number of rotatable bonds is 15. The molecule has 0 bridgehead atoms. The molecule has 15 nitrogen and oxygen atoms in total. The molecule has 0 radical (unpaired) electrons. The van der Waals surface area contributed by atoms with Gasteiger partial charge in [0.2, 0.25) is 17.7 Å². The highest BCUT2D eigenvalue weighted by molar-refractivity contribution is 6.34. The number of methoxy groups -OCH3 is 1. The van der Waals surface area contributed by atoms with Crippen LogP contribution in [0.3, 0.4) is 0 Å². The molecule has 5 aromatic rings. The number of nitrogens with two attached hydrogens (primary N) is 1. The summed E-state index contributed by atoms with van der Waals surface area (Å²) in [5, 5.41) is 18.1. The number of aromatic nitrogens is 2. The minimum atomic E-state index is -1.07. The molecule has 69 heavy (non-hydrogen) atoms. The van der Waals surface area contributed by atoms with Gasteiger partial charge in [-0.05, 0) is 87.4 Å². The Bertz CT molecular complexity index is 2780. The molecule has 9 rings (SSSR count). The molecule has 2 saturated heterocycles. The number of nitrogens with zero attached hydrogens (tertiary/aromatic N) is 4. The highest BCUT2D eigenvalue weighted by Gasteiger charge is 2.50. The lowest BCUT2D eigenvalue weighted by Gasteiger charge is -2.37. The first-order chi connectivity index (χ1) is 33.3. The number of anilines is 2. The predicted octanol–water partition coefficient (Wildman–Crippen LogP) is 7.35. The molecule has 3 fully saturated rings. The second kappa shape index (κ2) is 20.0. The number of benzene rings is 4. The van der Waals surface area contributed by atoms with Crippen LogP contribution in [-0.2, 0) is 22.2 Å². The van der Waals surface area contributed by atoms with E-state index in [2.05, 4.69) is 37.3 Å². The number of imide groups is 1. The van der Waals surface area contributed by atoms with Gasteiger partial charge in [0.15, 0.2) is 23.0 Å². The summed E-state index contributed by atoms with van der Waals surface area (Å²) in [5.41, 5.74) is 7.39. The highest BCUT2D eigenvalue weighted by Crippen LogP contribution is 2.56. The van der Waals surface area contributed by atoms with E-state index >= 15 is 8.78 Å². The fraction of sp³-hybridized carbons (Fsp3) is 0.431. The minimum absolute atomic E-state index is 0.00718. The standard InChI is InChI=1S/C51H58ClF2N9O6/c1-29-42-40(27-37(53)45(52)44(42)43-36(47(55)65)16-17-39(68-3)46(43)54)69-51(29,31-8-5-4-6-9-31)28-57-32-12-10-30(11-13-32)49(66)56-21-7-22-62-23-18-33(19-24-62)58-34-14-15-35-38(26-34)61(2)60-48(35)63-25-20-41(64)59-50(63)67/h4-6,8-9,14-17,26-27,29-30,32-33,57-58H,7,10-13,18-25,28H2,1-3H3,(H2,55,65)(H,56,66)(H,59,64,67)/t29-,30?,32?,51-/m0/s1.